The quantitative estimate of drug-likeness (QED) is 0.451. The molecule has 0 amide bonds. The zero-order valence-electron chi connectivity index (χ0n) is 9.14. The molecule has 0 aliphatic carbocycles. The molecule has 0 aromatic heterocycles. The lowest BCUT2D eigenvalue weighted by molar-refractivity contribution is -0.148. The fraction of sp³-hybridized carbons (Fsp3) is 0.909. The van der Waals surface area contributed by atoms with Crippen LogP contribution in [0.25, 0.3) is 0 Å². The second-order valence-corrected chi connectivity index (χ2v) is 3.56. The number of unbranched alkanes of at least 4 members (excludes halogenated alkanes) is 2. The third-order valence-corrected chi connectivity index (χ3v) is 2.12. The molecule has 1 atom stereocenters. The second kappa shape index (κ2) is 8.09. The molecule has 0 radical (unpaired) electrons. The van der Waals surface area contributed by atoms with Crippen LogP contribution >= 0.6 is 0 Å². The van der Waals surface area contributed by atoms with Crippen LogP contribution in [0.4, 0.5) is 0 Å². The molecule has 0 saturated heterocycles. The SMILES string of the molecule is CCCCCOC(=O)[C@@H](C)CCC. The number of esters is 1. The topological polar surface area (TPSA) is 26.3 Å². The van der Waals surface area contributed by atoms with Gasteiger partial charge < -0.3 is 4.74 Å². The fourth-order valence-corrected chi connectivity index (χ4v) is 1.22. The Bertz CT molecular complexity index is 132. The first kappa shape index (κ1) is 12.5. The van der Waals surface area contributed by atoms with Crippen molar-refractivity contribution in [1.82, 2.24) is 0 Å². The van der Waals surface area contributed by atoms with Gasteiger partial charge in [0, 0.05) is 0 Å². The Balaban J connectivity index is 3.38. The van der Waals surface area contributed by atoms with E-state index in [1.807, 2.05) is 6.92 Å². The lowest BCUT2D eigenvalue weighted by atomic mass is 10.1. The Labute approximate surface area is 81.7 Å². The minimum Gasteiger partial charge on any atom is -0.465 e. The van der Waals surface area contributed by atoms with Gasteiger partial charge in [-0.05, 0) is 12.8 Å². The maximum Gasteiger partial charge on any atom is 0.308 e. The molecule has 13 heavy (non-hydrogen) atoms. The molecule has 2 nitrogen and oxygen atoms in total. The minimum absolute atomic E-state index is 0.0297. The van der Waals surface area contributed by atoms with Crippen LogP contribution in [-0.2, 0) is 9.53 Å². The number of carbonyl (C=O) groups is 1. The van der Waals surface area contributed by atoms with E-state index >= 15 is 0 Å². The summed E-state index contributed by atoms with van der Waals surface area (Å²) < 4.78 is 5.12. The largest absolute Gasteiger partial charge is 0.465 e. The molecular weight excluding hydrogens is 164 g/mol. The smallest absolute Gasteiger partial charge is 0.308 e. The lowest BCUT2D eigenvalue weighted by Crippen LogP contribution is -2.15. The standard InChI is InChI=1S/C11H22O2/c1-4-6-7-9-13-11(12)10(3)8-5-2/h10H,4-9H2,1-3H3/t10-/m0/s1. The summed E-state index contributed by atoms with van der Waals surface area (Å²) in [6.45, 7) is 6.76. The molecule has 0 spiro atoms. The van der Waals surface area contributed by atoms with E-state index in [0.29, 0.717) is 6.61 Å². The highest BCUT2D eigenvalue weighted by Crippen LogP contribution is 2.07. The molecule has 0 bridgehead atoms. The first-order valence-corrected chi connectivity index (χ1v) is 5.39. The predicted molar refractivity (Wildman–Crippen MR) is 54.6 cm³/mol. The molecule has 0 aliphatic heterocycles. The van der Waals surface area contributed by atoms with Gasteiger partial charge in [-0.15, -0.1) is 0 Å². The average Bonchev–Trinajstić information content (AvgIpc) is 2.12. The summed E-state index contributed by atoms with van der Waals surface area (Å²) in [5.74, 6) is 0.0459. The van der Waals surface area contributed by atoms with Crippen molar-refractivity contribution >= 4 is 5.97 Å². The molecule has 0 heterocycles. The Morgan fingerprint density at radius 2 is 1.92 bits per heavy atom. The summed E-state index contributed by atoms with van der Waals surface area (Å²) in [5.41, 5.74) is 0. The van der Waals surface area contributed by atoms with Crippen molar-refractivity contribution in [2.24, 2.45) is 5.92 Å². The number of hydrogen-bond acceptors (Lipinski definition) is 2. The molecule has 0 fully saturated rings. The molecule has 0 saturated carbocycles. The van der Waals surface area contributed by atoms with E-state index in [4.69, 9.17) is 4.74 Å². The number of hydrogen-bond donors (Lipinski definition) is 0. The van der Waals surface area contributed by atoms with Crippen LogP contribution in [0.1, 0.15) is 52.9 Å². The van der Waals surface area contributed by atoms with Crippen molar-refractivity contribution in [2.45, 2.75) is 52.9 Å². The Kier molecular flexibility index (Phi) is 7.76. The minimum atomic E-state index is -0.0297. The fourth-order valence-electron chi connectivity index (χ4n) is 1.22. The van der Waals surface area contributed by atoms with E-state index in [2.05, 4.69) is 13.8 Å². The highest BCUT2D eigenvalue weighted by atomic mass is 16.5. The van der Waals surface area contributed by atoms with E-state index < -0.39 is 0 Å². The molecule has 0 rings (SSSR count). The van der Waals surface area contributed by atoms with Gasteiger partial charge in [0.05, 0.1) is 12.5 Å². The molecule has 2 heteroatoms. The van der Waals surface area contributed by atoms with Gasteiger partial charge in [-0.2, -0.15) is 0 Å². The van der Waals surface area contributed by atoms with Crippen LogP contribution < -0.4 is 0 Å². The van der Waals surface area contributed by atoms with Gasteiger partial charge in [0.25, 0.3) is 0 Å². The maximum atomic E-state index is 11.3. The molecule has 78 valence electrons. The Morgan fingerprint density at radius 3 is 2.46 bits per heavy atom. The monoisotopic (exact) mass is 186 g/mol. The van der Waals surface area contributed by atoms with Gasteiger partial charge in [0.2, 0.25) is 0 Å². The van der Waals surface area contributed by atoms with E-state index in [0.717, 1.165) is 25.7 Å². The number of carbonyl (C=O) groups excluding carboxylic acids is 1. The van der Waals surface area contributed by atoms with E-state index in [9.17, 15) is 4.79 Å². The Morgan fingerprint density at radius 1 is 1.23 bits per heavy atom. The van der Waals surface area contributed by atoms with Crippen LogP contribution in [0.5, 0.6) is 0 Å². The van der Waals surface area contributed by atoms with Crippen LogP contribution in [0, 0.1) is 5.92 Å². The van der Waals surface area contributed by atoms with Gasteiger partial charge in [0.15, 0.2) is 0 Å². The average molecular weight is 186 g/mol. The highest BCUT2D eigenvalue weighted by Gasteiger charge is 2.12. The van der Waals surface area contributed by atoms with Crippen molar-refractivity contribution in [1.29, 1.82) is 0 Å². The molecule has 0 aromatic carbocycles. The van der Waals surface area contributed by atoms with Crippen molar-refractivity contribution in [2.75, 3.05) is 6.61 Å². The van der Waals surface area contributed by atoms with Crippen LogP contribution in [0.2, 0.25) is 0 Å². The van der Waals surface area contributed by atoms with Gasteiger partial charge >= 0.3 is 5.97 Å². The number of ether oxygens (including phenoxy) is 1. The van der Waals surface area contributed by atoms with Gasteiger partial charge in [-0.25, -0.2) is 0 Å². The molecule has 0 N–H and O–H groups in total. The molecule has 0 aromatic rings. The summed E-state index contributed by atoms with van der Waals surface area (Å²) >= 11 is 0. The molecule has 0 aliphatic rings. The summed E-state index contributed by atoms with van der Waals surface area (Å²) in [4.78, 5) is 11.3. The summed E-state index contributed by atoms with van der Waals surface area (Å²) in [7, 11) is 0. The third kappa shape index (κ3) is 6.62. The van der Waals surface area contributed by atoms with Gasteiger partial charge in [-0.1, -0.05) is 40.0 Å². The lowest BCUT2D eigenvalue weighted by Gasteiger charge is -2.09. The zero-order valence-corrected chi connectivity index (χ0v) is 9.14. The Hall–Kier alpha value is -0.530. The van der Waals surface area contributed by atoms with Crippen molar-refractivity contribution < 1.29 is 9.53 Å². The summed E-state index contributed by atoms with van der Waals surface area (Å²) in [6.07, 6.45) is 5.30. The normalized spacial score (nSPS) is 12.5. The number of rotatable bonds is 7. The van der Waals surface area contributed by atoms with Crippen LogP contribution in [0.15, 0.2) is 0 Å². The van der Waals surface area contributed by atoms with E-state index in [-0.39, 0.29) is 11.9 Å². The van der Waals surface area contributed by atoms with Crippen LogP contribution in [-0.4, -0.2) is 12.6 Å². The summed E-state index contributed by atoms with van der Waals surface area (Å²) in [6, 6.07) is 0. The van der Waals surface area contributed by atoms with Gasteiger partial charge in [0.1, 0.15) is 0 Å². The molecular formula is C11H22O2. The van der Waals surface area contributed by atoms with Crippen molar-refractivity contribution in [3.63, 3.8) is 0 Å². The third-order valence-electron chi connectivity index (χ3n) is 2.12. The first-order valence-electron chi connectivity index (χ1n) is 5.39. The predicted octanol–water partition coefficient (Wildman–Crippen LogP) is 3.16. The van der Waals surface area contributed by atoms with Crippen molar-refractivity contribution in [3.05, 3.63) is 0 Å². The van der Waals surface area contributed by atoms with E-state index in [1.54, 1.807) is 0 Å². The van der Waals surface area contributed by atoms with Crippen molar-refractivity contribution in [3.8, 4) is 0 Å². The van der Waals surface area contributed by atoms with Crippen LogP contribution in [0.3, 0.4) is 0 Å². The second-order valence-electron chi connectivity index (χ2n) is 3.56. The maximum absolute atomic E-state index is 11.3. The van der Waals surface area contributed by atoms with E-state index in [1.165, 1.54) is 6.42 Å². The zero-order chi connectivity index (χ0) is 10.1. The highest BCUT2D eigenvalue weighted by molar-refractivity contribution is 5.71. The van der Waals surface area contributed by atoms with Gasteiger partial charge in [-0.3, -0.25) is 4.79 Å². The molecule has 0 unspecified atom stereocenters. The first-order chi connectivity index (χ1) is 6.22. The summed E-state index contributed by atoms with van der Waals surface area (Å²) in [5, 5.41) is 0.